The van der Waals surface area contributed by atoms with Gasteiger partial charge in [-0.3, -0.25) is 9.69 Å². The Morgan fingerprint density at radius 2 is 2.07 bits per heavy atom. The first kappa shape index (κ1) is 18.7. The Hall–Kier alpha value is -1.60. The zero-order valence-corrected chi connectivity index (χ0v) is 16.4. The van der Waals surface area contributed by atoms with E-state index < -0.39 is 0 Å². The van der Waals surface area contributed by atoms with E-state index in [4.69, 9.17) is 23.2 Å². The molecule has 4 rings (SSSR count). The lowest BCUT2D eigenvalue weighted by Gasteiger charge is -2.38. The van der Waals surface area contributed by atoms with Gasteiger partial charge in [0.15, 0.2) is 0 Å². The molecule has 1 aromatic carbocycles. The second-order valence-electron chi connectivity index (χ2n) is 7.21. The highest BCUT2D eigenvalue weighted by Crippen LogP contribution is 2.28. The summed E-state index contributed by atoms with van der Waals surface area (Å²) in [4.78, 5) is 21.7. The first-order valence-corrected chi connectivity index (χ1v) is 9.91. The number of aliphatic hydroxyl groups is 1. The summed E-state index contributed by atoms with van der Waals surface area (Å²) >= 11 is 12.1. The molecule has 1 saturated heterocycles. The highest BCUT2D eigenvalue weighted by atomic mass is 35.5. The van der Waals surface area contributed by atoms with Crippen LogP contribution in [-0.2, 0) is 17.8 Å². The average molecular weight is 409 g/mol. The zero-order chi connectivity index (χ0) is 19.0. The van der Waals surface area contributed by atoms with Gasteiger partial charge in [0.25, 0.3) is 0 Å². The Morgan fingerprint density at radius 1 is 1.22 bits per heavy atom. The molecule has 2 aromatic rings. The predicted octanol–water partition coefficient (Wildman–Crippen LogP) is 2.38. The smallest absolute Gasteiger partial charge is 0.227 e. The summed E-state index contributed by atoms with van der Waals surface area (Å²) in [5.41, 5.74) is 0.846. The van der Waals surface area contributed by atoms with Gasteiger partial charge in [-0.2, -0.15) is 0 Å². The lowest BCUT2D eigenvalue weighted by molar-refractivity contribution is -0.134. The van der Waals surface area contributed by atoms with E-state index in [0.29, 0.717) is 29.7 Å². The number of imidazole rings is 1. The SMILES string of the molecule is O=C(Cc1ccc(Cl)c(Cl)c1)N1CCn2ccnc2[C@@H]1CN1CC[C@H](O)C1. The molecule has 8 heteroatoms. The molecule has 144 valence electrons. The van der Waals surface area contributed by atoms with E-state index in [1.807, 2.05) is 17.2 Å². The molecule has 1 fully saturated rings. The number of fused-ring (bicyclic) bond motifs is 1. The molecule has 0 unspecified atom stereocenters. The van der Waals surface area contributed by atoms with Crippen molar-refractivity contribution in [3.05, 3.63) is 52.0 Å². The number of aromatic nitrogens is 2. The topological polar surface area (TPSA) is 61.6 Å². The second kappa shape index (κ2) is 7.80. The lowest BCUT2D eigenvalue weighted by Crippen LogP contribution is -2.47. The van der Waals surface area contributed by atoms with Crippen LogP contribution in [0.25, 0.3) is 0 Å². The summed E-state index contributed by atoms with van der Waals surface area (Å²) in [7, 11) is 0. The first-order valence-electron chi connectivity index (χ1n) is 9.16. The first-order chi connectivity index (χ1) is 13.0. The minimum Gasteiger partial charge on any atom is -0.392 e. The summed E-state index contributed by atoms with van der Waals surface area (Å²) in [6.07, 6.45) is 4.51. The van der Waals surface area contributed by atoms with E-state index >= 15 is 0 Å². The number of aliphatic hydroxyl groups excluding tert-OH is 1. The molecule has 2 atom stereocenters. The van der Waals surface area contributed by atoms with Gasteiger partial charge in [0.1, 0.15) is 11.9 Å². The molecule has 0 radical (unpaired) electrons. The number of carbonyl (C=O) groups excluding carboxylic acids is 1. The molecule has 6 nitrogen and oxygen atoms in total. The highest BCUT2D eigenvalue weighted by molar-refractivity contribution is 6.42. The van der Waals surface area contributed by atoms with Crippen LogP contribution in [0.1, 0.15) is 23.9 Å². The number of rotatable bonds is 4. The number of likely N-dealkylation sites (tertiary alicyclic amines) is 1. The van der Waals surface area contributed by atoms with E-state index in [9.17, 15) is 9.90 Å². The average Bonchev–Trinajstić information content (AvgIpc) is 3.27. The van der Waals surface area contributed by atoms with Crippen molar-refractivity contribution in [2.24, 2.45) is 0 Å². The van der Waals surface area contributed by atoms with Crippen molar-refractivity contribution in [2.45, 2.75) is 31.5 Å². The van der Waals surface area contributed by atoms with Crippen molar-refractivity contribution in [1.82, 2.24) is 19.4 Å². The largest absolute Gasteiger partial charge is 0.392 e. The molecular formula is C19H22Cl2N4O2. The third kappa shape index (κ3) is 3.99. The Kier molecular flexibility index (Phi) is 5.41. The van der Waals surface area contributed by atoms with Crippen LogP contribution in [0.2, 0.25) is 10.0 Å². The molecular weight excluding hydrogens is 387 g/mol. The standard InChI is InChI=1S/C19H22Cl2N4O2/c20-15-2-1-13(9-16(15)21)10-18(27)25-8-7-24-6-4-22-19(24)17(25)12-23-5-3-14(26)11-23/h1-2,4,6,9,14,17,26H,3,5,7-8,10-12H2/t14-,17-/m0/s1. The van der Waals surface area contributed by atoms with Crippen molar-refractivity contribution in [2.75, 3.05) is 26.2 Å². The Bertz CT molecular complexity index is 841. The van der Waals surface area contributed by atoms with E-state index in [1.54, 1.807) is 18.3 Å². The quantitative estimate of drug-likeness (QED) is 0.843. The number of nitrogens with zero attached hydrogens (tertiary/aromatic N) is 4. The molecule has 0 aliphatic carbocycles. The maximum absolute atomic E-state index is 13.1. The van der Waals surface area contributed by atoms with Crippen LogP contribution in [0, 0.1) is 0 Å². The molecule has 0 spiro atoms. The van der Waals surface area contributed by atoms with Crippen molar-refractivity contribution in [3.8, 4) is 0 Å². The van der Waals surface area contributed by atoms with Gasteiger partial charge in [-0.05, 0) is 24.1 Å². The number of carbonyl (C=O) groups is 1. The minimum atomic E-state index is -0.284. The lowest BCUT2D eigenvalue weighted by atomic mass is 10.1. The van der Waals surface area contributed by atoms with Crippen LogP contribution in [0.15, 0.2) is 30.6 Å². The van der Waals surface area contributed by atoms with Gasteiger partial charge in [-0.1, -0.05) is 29.3 Å². The van der Waals surface area contributed by atoms with Crippen LogP contribution in [0.4, 0.5) is 0 Å². The van der Waals surface area contributed by atoms with E-state index in [-0.39, 0.29) is 24.5 Å². The van der Waals surface area contributed by atoms with E-state index in [1.165, 1.54) is 0 Å². The molecule has 1 amide bonds. The molecule has 0 saturated carbocycles. The summed E-state index contributed by atoms with van der Waals surface area (Å²) in [5.74, 6) is 0.956. The second-order valence-corrected chi connectivity index (χ2v) is 8.02. The van der Waals surface area contributed by atoms with Gasteiger partial charge in [-0.15, -0.1) is 0 Å². The van der Waals surface area contributed by atoms with E-state index in [2.05, 4.69) is 14.5 Å². The molecule has 3 heterocycles. The number of halogens is 2. The van der Waals surface area contributed by atoms with Crippen molar-refractivity contribution in [3.63, 3.8) is 0 Å². The summed E-state index contributed by atoms with van der Waals surface area (Å²) in [6, 6.07) is 5.19. The van der Waals surface area contributed by atoms with Gasteiger partial charge in [0, 0.05) is 45.1 Å². The van der Waals surface area contributed by atoms with Gasteiger partial charge < -0.3 is 14.6 Å². The van der Waals surface area contributed by atoms with Gasteiger partial charge >= 0.3 is 0 Å². The molecule has 27 heavy (non-hydrogen) atoms. The van der Waals surface area contributed by atoms with Gasteiger partial charge in [0.2, 0.25) is 5.91 Å². The number of β-amino-alcohol motifs (C(OH)–C–C–N with tert-alkyl or cyclic N) is 1. The van der Waals surface area contributed by atoms with E-state index in [0.717, 1.165) is 30.9 Å². The fourth-order valence-electron chi connectivity index (χ4n) is 3.95. The summed E-state index contributed by atoms with van der Waals surface area (Å²) in [5, 5.41) is 10.8. The number of hydrogen-bond acceptors (Lipinski definition) is 4. The summed E-state index contributed by atoms with van der Waals surface area (Å²) < 4.78 is 2.11. The van der Waals surface area contributed by atoms with Crippen LogP contribution >= 0.6 is 23.2 Å². The third-order valence-corrected chi connectivity index (χ3v) is 6.08. The van der Waals surface area contributed by atoms with Crippen LogP contribution in [-0.4, -0.2) is 62.6 Å². The fourth-order valence-corrected chi connectivity index (χ4v) is 4.27. The molecule has 2 aliphatic rings. The molecule has 2 aliphatic heterocycles. The molecule has 1 aromatic heterocycles. The van der Waals surface area contributed by atoms with Crippen LogP contribution < -0.4 is 0 Å². The van der Waals surface area contributed by atoms with Crippen LogP contribution in [0.5, 0.6) is 0 Å². The normalized spacial score (nSPS) is 22.9. The zero-order valence-electron chi connectivity index (χ0n) is 14.9. The Balaban J connectivity index is 1.53. The number of benzene rings is 1. The minimum absolute atomic E-state index is 0.0485. The van der Waals surface area contributed by atoms with Crippen molar-refractivity contribution >= 4 is 29.1 Å². The fraction of sp³-hybridized carbons (Fsp3) is 0.474. The van der Waals surface area contributed by atoms with Gasteiger partial charge in [0.05, 0.1) is 22.6 Å². The Labute approximate surface area is 168 Å². The Morgan fingerprint density at radius 3 is 2.81 bits per heavy atom. The van der Waals surface area contributed by atoms with Crippen molar-refractivity contribution in [1.29, 1.82) is 0 Å². The summed E-state index contributed by atoms with van der Waals surface area (Å²) in [6.45, 7) is 3.55. The maximum atomic E-state index is 13.1. The van der Waals surface area contributed by atoms with Crippen LogP contribution in [0.3, 0.4) is 0 Å². The number of hydrogen-bond donors (Lipinski definition) is 1. The monoisotopic (exact) mass is 408 g/mol. The maximum Gasteiger partial charge on any atom is 0.227 e. The molecule has 1 N–H and O–H groups in total. The third-order valence-electron chi connectivity index (χ3n) is 5.34. The highest BCUT2D eigenvalue weighted by Gasteiger charge is 2.34. The number of amides is 1. The predicted molar refractivity (Wildman–Crippen MR) is 104 cm³/mol. The van der Waals surface area contributed by atoms with Crippen molar-refractivity contribution < 1.29 is 9.90 Å². The van der Waals surface area contributed by atoms with Gasteiger partial charge in [-0.25, -0.2) is 4.98 Å². The molecule has 0 bridgehead atoms.